The zero-order valence-corrected chi connectivity index (χ0v) is 13.0. The summed E-state index contributed by atoms with van der Waals surface area (Å²) in [6.45, 7) is 2.00. The first-order valence-electron chi connectivity index (χ1n) is 6.99. The average molecular weight is 317 g/mol. The highest BCUT2D eigenvalue weighted by molar-refractivity contribution is 5.85. The normalized spacial score (nSPS) is 13.4. The maximum Gasteiger partial charge on any atom is 0.236 e. The minimum atomic E-state index is -0.382. The van der Waals surface area contributed by atoms with Crippen LogP contribution in [0, 0.1) is 11.7 Å². The maximum absolute atomic E-state index is 13.3. The van der Waals surface area contributed by atoms with Crippen LogP contribution in [0.3, 0.4) is 0 Å². The van der Waals surface area contributed by atoms with Crippen molar-refractivity contribution in [3.05, 3.63) is 30.1 Å². The molecule has 0 unspecified atom stereocenters. The van der Waals surface area contributed by atoms with Crippen LogP contribution in [0.4, 0.5) is 4.39 Å². The molecule has 1 saturated carbocycles. The van der Waals surface area contributed by atoms with Crippen molar-refractivity contribution in [3.63, 3.8) is 0 Å². The van der Waals surface area contributed by atoms with Gasteiger partial charge in [0.1, 0.15) is 6.61 Å². The number of halogens is 2. The predicted octanol–water partition coefficient (Wildman–Crippen LogP) is 2.08. The minimum absolute atomic E-state index is 0. The molecular weight excluding hydrogens is 295 g/mol. The van der Waals surface area contributed by atoms with Crippen molar-refractivity contribution in [1.29, 1.82) is 0 Å². The van der Waals surface area contributed by atoms with Gasteiger partial charge in [-0.3, -0.25) is 4.79 Å². The van der Waals surface area contributed by atoms with Crippen LogP contribution < -0.4 is 10.1 Å². The number of carbonyl (C=O) groups is 1. The number of ether oxygens (including phenoxy) is 1. The molecule has 1 N–H and O–H groups in total. The first-order chi connectivity index (χ1) is 9.66. The van der Waals surface area contributed by atoms with Crippen molar-refractivity contribution in [3.8, 4) is 5.75 Å². The molecule has 0 aromatic heterocycles. The molecule has 0 bridgehead atoms. The van der Waals surface area contributed by atoms with Gasteiger partial charge in [0.05, 0.1) is 13.1 Å². The van der Waals surface area contributed by atoms with Crippen LogP contribution in [0.1, 0.15) is 12.8 Å². The summed E-state index contributed by atoms with van der Waals surface area (Å²) in [7, 11) is 1.73. The summed E-state index contributed by atoms with van der Waals surface area (Å²) in [5, 5.41) is 3.15. The van der Waals surface area contributed by atoms with Gasteiger partial charge in [-0.15, -0.1) is 12.4 Å². The molecule has 1 aromatic carbocycles. The van der Waals surface area contributed by atoms with Crippen molar-refractivity contribution < 1.29 is 13.9 Å². The first-order valence-corrected chi connectivity index (χ1v) is 6.99. The van der Waals surface area contributed by atoms with E-state index in [9.17, 15) is 9.18 Å². The van der Waals surface area contributed by atoms with Crippen molar-refractivity contribution in [2.24, 2.45) is 5.92 Å². The second-order valence-electron chi connectivity index (χ2n) is 5.17. The smallest absolute Gasteiger partial charge is 0.236 e. The van der Waals surface area contributed by atoms with Crippen molar-refractivity contribution in [1.82, 2.24) is 10.2 Å². The van der Waals surface area contributed by atoms with Gasteiger partial charge in [-0.2, -0.15) is 0 Å². The first kappa shape index (κ1) is 17.7. The van der Waals surface area contributed by atoms with Gasteiger partial charge < -0.3 is 15.0 Å². The molecule has 21 heavy (non-hydrogen) atoms. The van der Waals surface area contributed by atoms with Gasteiger partial charge in [-0.1, -0.05) is 12.1 Å². The maximum atomic E-state index is 13.3. The standard InChI is InChI=1S/C15H21FN2O2.ClH/c1-18(15(19)11-17-10-12-6-7-12)8-9-20-14-5-3-2-4-13(14)16;/h2-5,12,17H,6-11H2,1H3;1H. The fourth-order valence-corrected chi connectivity index (χ4v) is 1.82. The van der Waals surface area contributed by atoms with Gasteiger partial charge >= 0.3 is 0 Å². The lowest BCUT2D eigenvalue weighted by Crippen LogP contribution is -2.38. The number of likely N-dealkylation sites (N-methyl/N-ethyl adjacent to an activating group) is 1. The van der Waals surface area contributed by atoms with Crippen LogP contribution in [0.15, 0.2) is 24.3 Å². The van der Waals surface area contributed by atoms with E-state index < -0.39 is 0 Å². The zero-order chi connectivity index (χ0) is 14.4. The van der Waals surface area contributed by atoms with Gasteiger partial charge in [0.15, 0.2) is 11.6 Å². The molecule has 2 rings (SSSR count). The van der Waals surface area contributed by atoms with Crippen LogP contribution >= 0.6 is 12.4 Å². The van der Waals surface area contributed by atoms with Crippen LogP contribution in [-0.2, 0) is 4.79 Å². The summed E-state index contributed by atoms with van der Waals surface area (Å²) >= 11 is 0. The van der Waals surface area contributed by atoms with E-state index >= 15 is 0 Å². The molecule has 0 atom stereocenters. The summed E-state index contributed by atoms with van der Waals surface area (Å²) in [5.41, 5.74) is 0. The predicted molar refractivity (Wildman–Crippen MR) is 82.4 cm³/mol. The van der Waals surface area contributed by atoms with Crippen molar-refractivity contribution in [2.45, 2.75) is 12.8 Å². The Hall–Kier alpha value is -1.33. The summed E-state index contributed by atoms with van der Waals surface area (Å²) in [4.78, 5) is 13.4. The molecule has 6 heteroatoms. The Morgan fingerprint density at radius 2 is 2.14 bits per heavy atom. The van der Waals surface area contributed by atoms with Crippen molar-refractivity contribution in [2.75, 3.05) is 33.3 Å². The quantitative estimate of drug-likeness (QED) is 0.798. The van der Waals surface area contributed by atoms with Gasteiger partial charge in [0.25, 0.3) is 0 Å². The van der Waals surface area contributed by atoms with E-state index in [4.69, 9.17) is 4.74 Å². The Morgan fingerprint density at radius 3 is 2.81 bits per heavy atom. The van der Waals surface area contributed by atoms with Gasteiger partial charge in [-0.25, -0.2) is 4.39 Å². The van der Waals surface area contributed by atoms with E-state index in [1.54, 1.807) is 30.1 Å². The third-order valence-corrected chi connectivity index (χ3v) is 3.35. The minimum Gasteiger partial charge on any atom is -0.489 e. The highest BCUT2D eigenvalue weighted by Crippen LogP contribution is 2.27. The lowest BCUT2D eigenvalue weighted by atomic mass is 10.3. The van der Waals surface area contributed by atoms with Gasteiger partial charge in [0.2, 0.25) is 5.91 Å². The Kier molecular flexibility index (Phi) is 7.47. The van der Waals surface area contributed by atoms with Crippen LogP contribution in [0.25, 0.3) is 0 Å². The second-order valence-corrected chi connectivity index (χ2v) is 5.17. The Bertz CT molecular complexity index is 455. The van der Waals surface area contributed by atoms with E-state index in [-0.39, 0.29) is 36.5 Å². The molecule has 1 aromatic rings. The lowest BCUT2D eigenvalue weighted by Gasteiger charge is -2.18. The molecule has 4 nitrogen and oxygen atoms in total. The third-order valence-electron chi connectivity index (χ3n) is 3.35. The number of para-hydroxylation sites is 1. The number of hydrogen-bond donors (Lipinski definition) is 1. The largest absolute Gasteiger partial charge is 0.489 e. The number of carbonyl (C=O) groups excluding carboxylic acids is 1. The van der Waals surface area contributed by atoms with Gasteiger partial charge in [0, 0.05) is 7.05 Å². The SMILES string of the molecule is CN(CCOc1ccccc1F)C(=O)CNCC1CC1.Cl. The molecule has 0 radical (unpaired) electrons. The second kappa shape index (κ2) is 8.85. The Labute approximate surface area is 131 Å². The van der Waals surface area contributed by atoms with E-state index in [2.05, 4.69) is 5.32 Å². The van der Waals surface area contributed by atoms with E-state index in [0.29, 0.717) is 13.1 Å². The molecule has 1 aliphatic rings. The van der Waals surface area contributed by atoms with Crippen LogP contribution in [0.2, 0.25) is 0 Å². The molecule has 1 fully saturated rings. The molecule has 118 valence electrons. The molecule has 0 heterocycles. The van der Waals surface area contributed by atoms with Crippen LogP contribution in [0.5, 0.6) is 5.75 Å². The van der Waals surface area contributed by atoms with E-state index in [1.165, 1.54) is 18.9 Å². The van der Waals surface area contributed by atoms with E-state index in [1.807, 2.05) is 0 Å². The summed E-state index contributed by atoms with van der Waals surface area (Å²) < 4.78 is 18.6. The van der Waals surface area contributed by atoms with Crippen LogP contribution in [-0.4, -0.2) is 44.1 Å². The Balaban J connectivity index is 0.00000220. The lowest BCUT2D eigenvalue weighted by molar-refractivity contribution is -0.129. The number of rotatable bonds is 8. The molecule has 1 aliphatic carbocycles. The number of nitrogens with one attached hydrogen (secondary N) is 1. The zero-order valence-electron chi connectivity index (χ0n) is 12.2. The molecule has 0 aliphatic heterocycles. The molecular formula is C15H22ClFN2O2. The summed E-state index contributed by atoms with van der Waals surface area (Å²) in [6.07, 6.45) is 2.54. The fourth-order valence-electron chi connectivity index (χ4n) is 1.82. The summed E-state index contributed by atoms with van der Waals surface area (Å²) in [6, 6.07) is 6.26. The Morgan fingerprint density at radius 1 is 1.43 bits per heavy atom. The van der Waals surface area contributed by atoms with E-state index in [0.717, 1.165) is 12.5 Å². The molecule has 0 saturated heterocycles. The highest BCUT2D eigenvalue weighted by atomic mass is 35.5. The van der Waals surface area contributed by atoms with Gasteiger partial charge in [-0.05, 0) is 37.4 Å². The topological polar surface area (TPSA) is 41.6 Å². The molecule has 1 amide bonds. The average Bonchev–Trinajstić information content (AvgIpc) is 3.25. The fraction of sp³-hybridized carbons (Fsp3) is 0.533. The number of benzene rings is 1. The monoisotopic (exact) mass is 316 g/mol. The number of hydrogen-bond acceptors (Lipinski definition) is 3. The highest BCUT2D eigenvalue weighted by Gasteiger charge is 2.20. The summed E-state index contributed by atoms with van der Waals surface area (Å²) in [5.74, 6) is 0.632. The molecule has 0 spiro atoms. The van der Waals surface area contributed by atoms with Crippen molar-refractivity contribution >= 4 is 18.3 Å². The number of nitrogens with zero attached hydrogens (tertiary/aromatic N) is 1. The third kappa shape index (κ3) is 6.31. The number of amides is 1.